The SMILES string of the molecule is CN=C(NCC1CCCN(C)C1)N1CCN(c2cccc(C(F)(F)F)c2)CC1.I. The lowest BCUT2D eigenvalue weighted by Gasteiger charge is -2.38. The Labute approximate surface area is 188 Å². The number of piperidine rings is 1. The first-order valence-corrected chi connectivity index (χ1v) is 9.93. The van der Waals surface area contributed by atoms with Gasteiger partial charge >= 0.3 is 6.18 Å². The second-order valence-corrected chi connectivity index (χ2v) is 7.72. The molecule has 0 amide bonds. The molecule has 2 aliphatic heterocycles. The molecular weight excluding hydrogens is 494 g/mol. The number of likely N-dealkylation sites (tertiary alicyclic amines) is 1. The maximum Gasteiger partial charge on any atom is 0.416 e. The molecule has 29 heavy (non-hydrogen) atoms. The molecule has 0 spiro atoms. The normalized spacial score (nSPS) is 21.7. The van der Waals surface area contributed by atoms with E-state index < -0.39 is 11.7 Å². The van der Waals surface area contributed by atoms with Crippen molar-refractivity contribution in [3.05, 3.63) is 29.8 Å². The highest BCUT2D eigenvalue weighted by Crippen LogP contribution is 2.31. The molecule has 164 valence electrons. The van der Waals surface area contributed by atoms with Gasteiger partial charge in [-0.25, -0.2) is 0 Å². The summed E-state index contributed by atoms with van der Waals surface area (Å²) in [5.74, 6) is 1.51. The number of nitrogens with one attached hydrogen (secondary N) is 1. The molecule has 3 rings (SSSR count). The van der Waals surface area contributed by atoms with Gasteiger partial charge < -0.3 is 20.0 Å². The Kier molecular flexibility index (Phi) is 8.87. The molecule has 0 aromatic heterocycles. The highest BCUT2D eigenvalue weighted by Gasteiger charge is 2.31. The summed E-state index contributed by atoms with van der Waals surface area (Å²) in [4.78, 5) is 11.0. The van der Waals surface area contributed by atoms with Gasteiger partial charge in [0.2, 0.25) is 0 Å². The van der Waals surface area contributed by atoms with Gasteiger partial charge in [-0.3, -0.25) is 4.99 Å². The minimum absolute atomic E-state index is 0. The van der Waals surface area contributed by atoms with Crippen molar-refractivity contribution in [3.8, 4) is 0 Å². The lowest BCUT2D eigenvalue weighted by atomic mass is 9.98. The van der Waals surface area contributed by atoms with Crippen molar-refractivity contribution in [1.29, 1.82) is 0 Å². The number of rotatable bonds is 3. The first-order valence-electron chi connectivity index (χ1n) is 9.93. The molecule has 0 saturated carbocycles. The first-order chi connectivity index (χ1) is 13.4. The van der Waals surface area contributed by atoms with Crippen LogP contribution in [0, 0.1) is 5.92 Å². The van der Waals surface area contributed by atoms with Gasteiger partial charge in [0.25, 0.3) is 0 Å². The minimum Gasteiger partial charge on any atom is -0.368 e. The average molecular weight is 525 g/mol. The molecule has 9 heteroatoms. The van der Waals surface area contributed by atoms with Crippen molar-refractivity contribution < 1.29 is 13.2 Å². The third-order valence-electron chi connectivity index (χ3n) is 5.60. The summed E-state index contributed by atoms with van der Waals surface area (Å²) in [7, 11) is 3.95. The number of piperazine rings is 1. The smallest absolute Gasteiger partial charge is 0.368 e. The largest absolute Gasteiger partial charge is 0.416 e. The van der Waals surface area contributed by atoms with E-state index in [9.17, 15) is 13.2 Å². The molecule has 5 nitrogen and oxygen atoms in total. The van der Waals surface area contributed by atoms with Crippen molar-refractivity contribution >= 4 is 35.6 Å². The van der Waals surface area contributed by atoms with Gasteiger partial charge in [0.15, 0.2) is 5.96 Å². The Hall–Kier alpha value is -1.23. The zero-order valence-electron chi connectivity index (χ0n) is 17.1. The lowest BCUT2D eigenvalue weighted by Crippen LogP contribution is -2.53. The number of aliphatic imine (C=N–C) groups is 1. The van der Waals surface area contributed by atoms with Crippen LogP contribution in [0.1, 0.15) is 18.4 Å². The topological polar surface area (TPSA) is 34.1 Å². The van der Waals surface area contributed by atoms with Crippen LogP contribution in [0.15, 0.2) is 29.3 Å². The van der Waals surface area contributed by atoms with Crippen molar-refractivity contribution in [2.75, 3.05) is 64.8 Å². The van der Waals surface area contributed by atoms with Crippen molar-refractivity contribution in [3.63, 3.8) is 0 Å². The van der Waals surface area contributed by atoms with Crippen LogP contribution < -0.4 is 10.2 Å². The Morgan fingerprint density at radius 3 is 2.52 bits per heavy atom. The molecule has 0 bridgehead atoms. The van der Waals surface area contributed by atoms with Crippen LogP contribution in [0.25, 0.3) is 0 Å². The number of nitrogens with zero attached hydrogens (tertiary/aromatic N) is 4. The van der Waals surface area contributed by atoms with Crippen LogP contribution >= 0.6 is 24.0 Å². The van der Waals surface area contributed by atoms with Crippen LogP contribution in [0.2, 0.25) is 0 Å². The van der Waals surface area contributed by atoms with Crippen molar-refractivity contribution in [1.82, 2.24) is 15.1 Å². The second kappa shape index (κ2) is 10.7. The Balaban J connectivity index is 0.00000300. The van der Waals surface area contributed by atoms with Crippen LogP contribution in [0.3, 0.4) is 0 Å². The molecule has 2 heterocycles. The number of alkyl halides is 3. The van der Waals surface area contributed by atoms with E-state index in [4.69, 9.17) is 0 Å². The number of benzene rings is 1. The molecule has 2 fully saturated rings. The summed E-state index contributed by atoms with van der Waals surface area (Å²) < 4.78 is 38.9. The molecule has 1 aromatic carbocycles. The predicted octanol–water partition coefficient (Wildman–Crippen LogP) is 3.36. The quantitative estimate of drug-likeness (QED) is 0.373. The molecule has 1 unspecified atom stereocenters. The van der Waals surface area contributed by atoms with Crippen LogP contribution in [-0.4, -0.2) is 75.7 Å². The van der Waals surface area contributed by atoms with Crippen molar-refractivity contribution in [2.45, 2.75) is 19.0 Å². The fraction of sp³-hybridized carbons (Fsp3) is 0.650. The van der Waals surface area contributed by atoms with E-state index in [0.717, 1.165) is 38.2 Å². The minimum atomic E-state index is -4.31. The van der Waals surface area contributed by atoms with E-state index in [1.165, 1.54) is 31.5 Å². The van der Waals surface area contributed by atoms with E-state index in [0.29, 0.717) is 24.7 Å². The predicted molar refractivity (Wildman–Crippen MR) is 122 cm³/mol. The van der Waals surface area contributed by atoms with Crippen LogP contribution in [0.5, 0.6) is 0 Å². The molecule has 2 saturated heterocycles. The molecule has 0 radical (unpaired) electrons. The van der Waals surface area contributed by atoms with Gasteiger partial charge in [-0.1, -0.05) is 6.07 Å². The summed E-state index contributed by atoms with van der Waals surface area (Å²) in [6.45, 7) is 6.00. The Bertz CT molecular complexity index is 674. The molecule has 1 aromatic rings. The van der Waals surface area contributed by atoms with Gasteiger partial charge in [-0.15, -0.1) is 24.0 Å². The number of guanidine groups is 1. The molecule has 0 aliphatic carbocycles. The maximum absolute atomic E-state index is 13.0. The Morgan fingerprint density at radius 2 is 1.90 bits per heavy atom. The molecule has 2 aliphatic rings. The van der Waals surface area contributed by atoms with E-state index in [1.54, 1.807) is 13.1 Å². The fourth-order valence-electron chi connectivity index (χ4n) is 4.06. The maximum atomic E-state index is 13.0. The summed E-state index contributed by atoms with van der Waals surface area (Å²) in [5, 5.41) is 3.49. The van der Waals surface area contributed by atoms with Crippen LogP contribution in [0.4, 0.5) is 18.9 Å². The number of hydrogen-bond acceptors (Lipinski definition) is 3. The molecule has 1 N–H and O–H groups in total. The fourth-order valence-corrected chi connectivity index (χ4v) is 4.06. The average Bonchev–Trinajstić information content (AvgIpc) is 2.68. The zero-order valence-corrected chi connectivity index (χ0v) is 19.4. The first kappa shape index (κ1) is 24.0. The van der Waals surface area contributed by atoms with Crippen LogP contribution in [-0.2, 0) is 6.18 Å². The van der Waals surface area contributed by atoms with Crippen molar-refractivity contribution in [2.24, 2.45) is 10.9 Å². The summed E-state index contributed by atoms with van der Waals surface area (Å²) in [6.07, 6.45) is -1.84. The summed E-state index contributed by atoms with van der Waals surface area (Å²) in [5.41, 5.74) is 0.0324. The third kappa shape index (κ3) is 6.63. The Morgan fingerprint density at radius 1 is 1.17 bits per heavy atom. The van der Waals surface area contributed by atoms with Gasteiger partial charge in [-0.05, 0) is 50.6 Å². The second-order valence-electron chi connectivity index (χ2n) is 7.72. The highest BCUT2D eigenvalue weighted by molar-refractivity contribution is 14.0. The standard InChI is InChI=1S/C20H30F3N5.HI/c1-24-19(25-14-16-5-4-8-26(2)15-16)28-11-9-27(10-12-28)18-7-3-6-17(13-18)20(21,22)23;/h3,6-7,13,16H,4-5,8-12,14-15H2,1-2H3,(H,24,25);1H. The van der Waals surface area contributed by atoms with E-state index >= 15 is 0 Å². The third-order valence-corrected chi connectivity index (χ3v) is 5.60. The van der Waals surface area contributed by atoms with Gasteiger partial charge in [0, 0.05) is 52.0 Å². The van der Waals surface area contributed by atoms with E-state index in [2.05, 4.69) is 27.2 Å². The summed E-state index contributed by atoms with van der Waals surface area (Å²) >= 11 is 0. The van der Waals surface area contributed by atoms with Gasteiger partial charge in [0.1, 0.15) is 0 Å². The highest BCUT2D eigenvalue weighted by atomic mass is 127. The number of anilines is 1. The number of hydrogen-bond donors (Lipinski definition) is 1. The van der Waals surface area contributed by atoms with E-state index in [-0.39, 0.29) is 24.0 Å². The lowest BCUT2D eigenvalue weighted by molar-refractivity contribution is -0.137. The summed E-state index contributed by atoms with van der Waals surface area (Å²) in [6, 6.07) is 5.58. The van der Waals surface area contributed by atoms with Gasteiger partial charge in [0.05, 0.1) is 5.56 Å². The molecule has 1 atom stereocenters. The van der Waals surface area contributed by atoms with E-state index in [1.807, 2.05) is 4.90 Å². The molecular formula is C20H31F3IN5. The number of halogens is 4. The zero-order chi connectivity index (χ0) is 20.1. The van der Waals surface area contributed by atoms with Gasteiger partial charge in [-0.2, -0.15) is 13.2 Å². The monoisotopic (exact) mass is 525 g/mol.